The Labute approximate surface area is 172 Å². The molecule has 0 spiro atoms. The number of amides is 1. The van der Waals surface area contributed by atoms with E-state index >= 15 is 0 Å². The number of pyridine rings is 1. The van der Waals surface area contributed by atoms with Crippen LogP contribution in [0.2, 0.25) is 0 Å². The number of rotatable bonds is 7. The van der Waals surface area contributed by atoms with E-state index in [0.717, 1.165) is 21.7 Å². The molecule has 0 saturated carbocycles. The minimum absolute atomic E-state index is 0.169. The molecule has 0 atom stereocenters. The van der Waals surface area contributed by atoms with Gasteiger partial charge in [-0.2, -0.15) is 5.10 Å². The molecule has 3 heterocycles. The second-order valence-corrected chi connectivity index (χ2v) is 6.59. The van der Waals surface area contributed by atoms with Crippen molar-refractivity contribution < 1.29 is 9.53 Å². The predicted octanol–water partition coefficient (Wildman–Crippen LogP) is 1.32. The molecule has 30 heavy (non-hydrogen) atoms. The second-order valence-electron chi connectivity index (χ2n) is 6.59. The van der Waals surface area contributed by atoms with E-state index in [4.69, 9.17) is 4.74 Å². The zero-order valence-corrected chi connectivity index (χ0v) is 16.4. The number of nitrogens with zero attached hydrogens (tertiary/aromatic N) is 5. The first kappa shape index (κ1) is 19.3. The summed E-state index contributed by atoms with van der Waals surface area (Å²) < 4.78 is 8.25. The highest BCUT2D eigenvalue weighted by Crippen LogP contribution is 2.21. The van der Waals surface area contributed by atoms with Crippen molar-refractivity contribution in [3.05, 3.63) is 77.0 Å². The number of carbonyl (C=O) groups excluding carboxylic acids is 1. The lowest BCUT2D eigenvalue weighted by Gasteiger charge is -2.09. The Bertz CT molecular complexity index is 1250. The summed E-state index contributed by atoms with van der Waals surface area (Å²) in [5, 5.41) is 15.3. The van der Waals surface area contributed by atoms with Crippen LogP contribution in [-0.2, 0) is 17.8 Å². The van der Waals surface area contributed by atoms with E-state index in [1.54, 1.807) is 13.2 Å². The van der Waals surface area contributed by atoms with Gasteiger partial charge in [0.05, 0.1) is 12.8 Å². The van der Waals surface area contributed by atoms with Crippen LogP contribution < -0.4 is 15.6 Å². The van der Waals surface area contributed by atoms with Gasteiger partial charge in [-0.1, -0.05) is 18.2 Å². The second kappa shape index (κ2) is 8.56. The van der Waals surface area contributed by atoms with Gasteiger partial charge in [-0.25, -0.2) is 4.68 Å². The summed E-state index contributed by atoms with van der Waals surface area (Å²) in [4.78, 5) is 24.5. The molecule has 4 rings (SSSR count). The Morgan fingerprint density at radius 2 is 2.00 bits per heavy atom. The SMILES string of the molecule is COc1cccc(-c2ccc(=O)n(CC(=O)NCCc3nnc4ccccn34)n2)c1. The van der Waals surface area contributed by atoms with Crippen LogP contribution in [0.25, 0.3) is 16.9 Å². The van der Waals surface area contributed by atoms with Crippen LogP contribution in [0, 0.1) is 0 Å². The van der Waals surface area contributed by atoms with E-state index < -0.39 is 0 Å². The first-order chi connectivity index (χ1) is 14.6. The molecule has 0 fully saturated rings. The maximum atomic E-state index is 12.3. The zero-order chi connectivity index (χ0) is 20.9. The van der Waals surface area contributed by atoms with Crippen LogP contribution in [0.3, 0.4) is 0 Å². The van der Waals surface area contributed by atoms with Gasteiger partial charge in [0, 0.05) is 30.8 Å². The summed E-state index contributed by atoms with van der Waals surface area (Å²) in [6, 6.07) is 16.0. The van der Waals surface area contributed by atoms with Gasteiger partial charge in [-0.05, 0) is 30.3 Å². The van der Waals surface area contributed by atoms with Gasteiger partial charge >= 0.3 is 0 Å². The molecule has 1 N–H and O–H groups in total. The number of fused-ring (bicyclic) bond motifs is 1. The molecule has 0 aliphatic carbocycles. The Morgan fingerprint density at radius 3 is 2.87 bits per heavy atom. The molecule has 1 amide bonds. The Hall–Kier alpha value is -4.01. The molecular weight excluding hydrogens is 384 g/mol. The summed E-state index contributed by atoms with van der Waals surface area (Å²) >= 11 is 0. The minimum Gasteiger partial charge on any atom is -0.497 e. The molecule has 3 aromatic heterocycles. The van der Waals surface area contributed by atoms with E-state index in [-0.39, 0.29) is 18.0 Å². The van der Waals surface area contributed by atoms with Crippen LogP contribution in [0.5, 0.6) is 5.75 Å². The van der Waals surface area contributed by atoms with E-state index in [0.29, 0.717) is 24.4 Å². The molecule has 9 nitrogen and oxygen atoms in total. The molecule has 1 aromatic carbocycles. The normalized spacial score (nSPS) is 10.8. The van der Waals surface area contributed by atoms with Crippen molar-refractivity contribution in [2.24, 2.45) is 0 Å². The Morgan fingerprint density at radius 1 is 1.10 bits per heavy atom. The number of ether oxygens (including phenoxy) is 1. The van der Waals surface area contributed by atoms with Crippen molar-refractivity contribution in [1.82, 2.24) is 29.7 Å². The average molecular weight is 404 g/mol. The largest absolute Gasteiger partial charge is 0.497 e. The molecule has 0 radical (unpaired) electrons. The van der Waals surface area contributed by atoms with Crippen molar-refractivity contribution in [2.45, 2.75) is 13.0 Å². The maximum Gasteiger partial charge on any atom is 0.267 e. The fourth-order valence-electron chi connectivity index (χ4n) is 3.07. The third kappa shape index (κ3) is 4.19. The molecular formula is C21H20N6O3. The first-order valence-electron chi connectivity index (χ1n) is 9.42. The van der Waals surface area contributed by atoms with Crippen molar-refractivity contribution >= 4 is 11.6 Å². The maximum absolute atomic E-state index is 12.3. The molecule has 0 unspecified atom stereocenters. The van der Waals surface area contributed by atoms with Gasteiger partial charge < -0.3 is 10.1 Å². The zero-order valence-electron chi connectivity index (χ0n) is 16.4. The molecule has 9 heteroatoms. The summed E-state index contributed by atoms with van der Waals surface area (Å²) in [5.74, 6) is 1.13. The van der Waals surface area contributed by atoms with Crippen molar-refractivity contribution in [3.8, 4) is 17.0 Å². The monoisotopic (exact) mass is 404 g/mol. The van der Waals surface area contributed by atoms with Gasteiger partial charge in [0.2, 0.25) is 5.91 Å². The number of nitrogens with one attached hydrogen (secondary N) is 1. The number of hydrogen-bond donors (Lipinski definition) is 1. The summed E-state index contributed by atoms with van der Waals surface area (Å²) in [7, 11) is 1.58. The molecule has 0 aliphatic heterocycles. The standard InChI is InChI=1S/C21H20N6O3/c1-30-16-6-4-5-15(13-16)17-8-9-21(29)27(25-17)14-20(28)22-11-10-19-24-23-18-7-2-3-12-26(18)19/h2-9,12-13H,10-11,14H2,1H3,(H,22,28). The van der Waals surface area contributed by atoms with E-state index in [9.17, 15) is 9.59 Å². The van der Waals surface area contributed by atoms with Crippen LogP contribution in [0.1, 0.15) is 5.82 Å². The third-order valence-electron chi connectivity index (χ3n) is 4.58. The number of hydrogen-bond acceptors (Lipinski definition) is 6. The Balaban J connectivity index is 1.41. The van der Waals surface area contributed by atoms with Gasteiger partial charge in [-0.15, -0.1) is 10.2 Å². The Kier molecular flexibility index (Phi) is 5.51. The van der Waals surface area contributed by atoms with E-state index in [1.807, 2.05) is 53.1 Å². The molecule has 0 bridgehead atoms. The number of benzene rings is 1. The van der Waals surface area contributed by atoms with Crippen LogP contribution in [0.4, 0.5) is 0 Å². The third-order valence-corrected chi connectivity index (χ3v) is 4.58. The quantitative estimate of drug-likeness (QED) is 0.498. The van der Waals surface area contributed by atoms with Gasteiger partial charge in [0.1, 0.15) is 18.1 Å². The van der Waals surface area contributed by atoms with Crippen LogP contribution in [0.15, 0.2) is 65.6 Å². The lowest BCUT2D eigenvalue weighted by atomic mass is 10.1. The first-order valence-corrected chi connectivity index (χ1v) is 9.42. The van der Waals surface area contributed by atoms with Crippen molar-refractivity contribution in [1.29, 1.82) is 0 Å². The topological polar surface area (TPSA) is 103 Å². The highest BCUT2D eigenvalue weighted by Gasteiger charge is 2.10. The lowest BCUT2D eigenvalue weighted by molar-refractivity contribution is -0.121. The van der Waals surface area contributed by atoms with Crippen LogP contribution in [-0.4, -0.2) is 43.9 Å². The number of methoxy groups -OCH3 is 1. The number of carbonyl (C=O) groups is 1. The highest BCUT2D eigenvalue weighted by molar-refractivity contribution is 5.75. The fourth-order valence-corrected chi connectivity index (χ4v) is 3.07. The van der Waals surface area contributed by atoms with Gasteiger partial charge in [-0.3, -0.25) is 14.0 Å². The average Bonchev–Trinajstić information content (AvgIpc) is 3.18. The van der Waals surface area contributed by atoms with Crippen molar-refractivity contribution in [3.63, 3.8) is 0 Å². The molecule has 0 aliphatic rings. The van der Waals surface area contributed by atoms with Crippen molar-refractivity contribution in [2.75, 3.05) is 13.7 Å². The van der Waals surface area contributed by atoms with E-state index in [1.165, 1.54) is 6.07 Å². The fraction of sp³-hybridized carbons (Fsp3) is 0.190. The van der Waals surface area contributed by atoms with Gasteiger partial charge in [0.25, 0.3) is 5.56 Å². The minimum atomic E-state index is -0.347. The van der Waals surface area contributed by atoms with Crippen LogP contribution >= 0.6 is 0 Å². The highest BCUT2D eigenvalue weighted by atomic mass is 16.5. The molecule has 152 valence electrons. The summed E-state index contributed by atoms with van der Waals surface area (Å²) in [6.45, 7) is 0.204. The summed E-state index contributed by atoms with van der Waals surface area (Å²) in [5.41, 5.74) is 1.78. The summed E-state index contributed by atoms with van der Waals surface area (Å²) in [6.07, 6.45) is 2.39. The number of aromatic nitrogens is 5. The van der Waals surface area contributed by atoms with Gasteiger partial charge in [0.15, 0.2) is 5.65 Å². The molecule has 0 saturated heterocycles. The lowest BCUT2D eigenvalue weighted by Crippen LogP contribution is -2.34. The van der Waals surface area contributed by atoms with E-state index in [2.05, 4.69) is 20.6 Å². The molecule has 4 aromatic rings. The predicted molar refractivity (Wildman–Crippen MR) is 110 cm³/mol. The smallest absolute Gasteiger partial charge is 0.267 e.